The maximum absolute atomic E-state index is 10.9. The van der Waals surface area contributed by atoms with E-state index in [2.05, 4.69) is 0 Å². The zero-order valence-electron chi connectivity index (χ0n) is 12.9. The second-order valence-corrected chi connectivity index (χ2v) is 5.89. The van der Waals surface area contributed by atoms with E-state index in [-0.39, 0.29) is 58.2 Å². The normalized spacial score (nSPS) is 22.0. The molecule has 1 aliphatic heterocycles. The lowest BCUT2D eigenvalue weighted by atomic mass is 9.80. The third-order valence-electron chi connectivity index (χ3n) is 4.50. The van der Waals surface area contributed by atoms with E-state index in [1.165, 1.54) is 18.2 Å². The summed E-state index contributed by atoms with van der Waals surface area (Å²) in [6.07, 6.45) is 0.266. The van der Waals surface area contributed by atoms with Gasteiger partial charge in [-0.25, -0.2) is 0 Å². The van der Waals surface area contributed by atoms with E-state index in [4.69, 9.17) is 4.74 Å². The number of aliphatic hydroxyl groups is 1. The Balaban J connectivity index is 0.00000104. The Hall–Kier alpha value is -2.72. The highest BCUT2D eigenvalue weighted by Crippen LogP contribution is 2.55. The highest BCUT2D eigenvalue weighted by atomic mass is 16.5. The van der Waals surface area contributed by atoms with Gasteiger partial charge in [0.1, 0.15) is 12.2 Å². The van der Waals surface area contributed by atoms with E-state index in [1.54, 1.807) is 6.07 Å². The molecule has 0 saturated heterocycles. The predicted molar refractivity (Wildman–Crippen MR) is 86.4 cm³/mol. The van der Waals surface area contributed by atoms with Crippen LogP contribution in [0.4, 0.5) is 0 Å². The largest absolute Gasteiger partial charge is 0.504 e. The molecule has 0 aromatic heterocycles. The zero-order chi connectivity index (χ0) is 15.6. The lowest BCUT2D eigenvalue weighted by molar-refractivity contribution is -0.0228. The summed E-state index contributed by atoms with van der Waals surface area (Å²) in [5, 5.41) is 49.8. The number of benzene rings is 2. The summed E-state index contributed by atoms with van der Waals surface area (Å²) in [5.41, 5.74) is 0.700. The number of fused-ring (bicyclic) bond motifs is 5. The van der Waals surface area contributed by atoms with Crippen LogP contribution in [0.15, 0.2) is 24.3 Å². The molecule has 1 heterocycles. The van der Waals surface area contributed by atoms with Crippen LogP contribution in [-0.2, 0) is 6.42 Å². The molecule has 0 radical (unpaired) electrons. The van der Waals surface area contributed by atoms with E-state index in [1.807, 2.05) is 0 Å². The molecule has 2 atom stereocenters. The van der Waals surface area contributed by atoms with Crippen LogP contribution < -0.4 is 4.74 Å². The Morgan fingerprint density at radius 3 is 2.20 bits per heavy atom. The van der Waals surface area contributed by atoms with Crippen LogP contribution in [0.1, 0.15) is 22.6 Å². The Morgan fingerprint density at radius 1 is 0.880 bits per heavy atom. The maximum Gasteiger partial charge on any atom is 0.200 e. The van der Waals surface area contributed by atoms with E-state index in [0.29, 0.717) is 16.7 Å². The minimum absolute atomic E-state index is 0. The zero-order valence-corrected chi connectivity index (χ0v) is 12.9. The van der Waals surface area contributed by atoms with Gasteiger partial charge in [-0.2, -0.15) is 0 Å². The Bertz CT molecular complexity index is 805. The molecule has 138 valence electrons. The average molecular weight is 356 g/mol. The van der Waals surface area contributed by atoms with Crippen LogP contribution in [0, 0.1) is 0 Å². The number of phenols is 4. The molecule has 9 nitrogen and oxygen atoms in total. The molecule has 2 aromatic carbocycles. The Morgan fingerprint density at radius 2 is 1.52 bits per heavy atom. The van der Waals surface area contributed by atoms with Gasteiger partial charge in [0.2, 0.25) is 5.75 Å². The van der Waals surface area contributed by atoms with Crippen molar-refractivity contribution in [3.05, 3.63) is 41.0 Å². The predicted octanol–water partition coefficient (Wildman–Crippen LogP) is -1.15. The Labute approximate surface area is 141 Å². The molecule has 25 heavy (non-hydrogen) atoms. The van der Waals surface area contributed by atoms with Gasteiger partial charge in [0.25, 0.3) is 0 Å². The third-order valence-corrected chi connectivity index (χ3v) is 4.50. The molecular weight excluding hydrogens is 336 g/mol. The summed E-state index contributed by atoms with van der Waals surface area (Å²) in [5.74, 6) is -1.54. The standard InChI is InChI=1S/C16H14O6.3H2O/c17-10-2-1-8-13-9-4-12(19)11(18)3-7(9)5-16(13,21)6-22-15(8)14(10)20;;;/h1-4,13,17-21H,5-6H2;3*1H2. The van der Waals surface area contributed by atoms with E-state index in [9.17, 15) is 25.5 Å². The molecular formula is C16H20O9. The number of phenolic OH excluding ortho intramolecular Hbond substituents is 4. The van der Waals surface area contributed by atoms with E-state index >= 15 is 0 Å². The lowest BCUT2D eigenvalue weighted by Crippen LogP contribution is -2.43. The average Bonchev–Trinajstić information content (AvgIpc) is 2.75. The van der Waals surface area contributed by atoms with Gasteiger partial charge in [-0.3, -0.25) is 0 Å². The van der Waals surface area contributed by atoms with Gasteiger partial charge in [-0.15, -0.1) is 0 Å². The lowest BCUT2D eigenvalue weighted by Gasteiger charge is -2.36. The molecule has 1 aliphatic carbocycles. The van der Waals surface area contributed by atoms with Gasteiger partial charge < -0.3 is 46.7 Å². The first-order valence-electron chi connectivity index (χ1n) is 6.85. The van der Waals surface area contributed by atoms with Gasteiger partial charge in [-0.05, 0) is 29.3 Å². The van der Waals surface area contributed by atoms with Gasteiger partial charge in [0.15, 0.2) is 23.0 Å². The van der Waals surface area contributed by atoms with Crippen molar-refractivity contribution in [2.75, 3.05) is 6.61 Å². The topological polar surface area (TPSA) is 205 Å². The summed E-state index contributed by atoms with van der Waals surface area (Å²) >= 11 is 0. The van der Waals surface area contributed by atoms with Crippen LogP contribution in [-0.4, -0.2) is 54.2 Å². The van der Waals surface area contributed by atoms with Gasteiger partial charge in [-0.1, -0.05) is 6.07 Å². The molecule has 4 rings (SSSR count). The van der Waals surface area contributed by atoms with Crippen molar-refractivity contribution in [3.8, 4) is 28.7 Å². The van der Waals surface area contributed by atoms with Crippen LogP contribution in [0.5, 0.6) is 28.7 Å². The van der Waals surface area contributed by atoms with Crippen LogP contribution in [0.3, 0.4) is 0 Å². The quantitative estimate of drug-likeness (QED) is 0.368. The molecule has 0 saturated carbocycles. The molecule has 11 N–H and O–H groups in total. The van der Waals surface area contributed by atoms with Crippen molar-refractivity contribution in [1.82, 2.24) is 0 Å². The van der Waals surface area contributed by atoms with Crippen molar-refractivity contribution in [1.29, 1.82) is 0 Å². The molecule has 2 unspecified atom stereocenters. The summed E-state index contributed by atoms with van der Waals surface area (Å²) in [7, 11) is 0. The minimum Gasteiger partial charge on any atom is -0.504 e. The van der Waals surface area contributed by atoms with Crippen LogP contribution in [0.2, 0.25) is 0 Å². The Kier molecular flexibility index (Phi) is 5.12. The summed E-state index contributed by atoms with van der Waals surface area (Å²) in [6, 6.07) is 5.77. The fourth-order valence-electron chi connectivity index (χ4n) is 3.52. The van der Waals surface area contributed by atoms with Crippen LogP contribution in [0.25, 0.3) is 0 Å². The SMILES string of the molecule is O.O.O.Oc1cc2c(cc1O)C1c3ccc(O)c(O)c3OCC1(O)C2. The maximum atomic E-state index is 10.9. The van der Waals surface area contributed by atoms with Gasteiger partial charge in [0.05, 0.1) is 0 Å². The van der Waals surface area contributed by atoms with E-state index < -0.39 is 11.5 Å². The molecule has 0 amide bonds. The summed E-state index contributed by atoms with van der Waals surface area (Å²) in [4.78, 5) is 0. The first-order chi connectivity index (χ1) is 10.4. The first kappa shape index (κ1) is 20.3. The second-order valence-electron chi connectivity index (χ2n) is 5.89. The highest BCUT2D eigenvalue weighted by Gasteiger charge is 2.51. The van der Waals surface area contributed by atoms with Crippen molar-refractivity contribution in [3.63, 3.8) is 0 Å². The summed E-state index contributed by atoms with van der Waals surface area (Å²) in [6.45, 7) is -0.0577. The number of hydrogen-bond donors (Lipinski definition) is 5. The number of hydrogen-bond acceptors (Lipinski definition) is 6. The first-order valence-corrected chi connectivity index (χ1v) is 6.85. The highest BCUT2D eigenvalue weighted by molar-refractivity contribution is 5.63. The number of rotatable bonds is 0. The van der Waals surface area contributed by atoms with Gasteiger partial charge >= 0.3 is 0 Å². The van der Waals surface area contributed by atoms with Crippen molar-refractivity contribution >= 4 is 0 Å². The van der Waals surface area contributed by atoms with Crippen LogP contribution >= 0.6 is 0 Å². The molecule has 2 aromatic rings. The van der Waals surface area contributed by atoms with Gasteiger partial charge in [0, 0.05) is 17.9 Å². The third kappa shape index (κ3) is 2.59. The molecule has 2 aliphatic rings. The van der Waals surface area contributed by atoms with Crippen molar-refractivity contribution in [2.24, 2.45) is 0 Å². The monoisotopic (exact) mass is 356 g/mol. The minimum atomic E-state index is -1.22. The molecule has 9 heteroatoms. The van der Waals surface area contributed by atoms with Crippen molar-refractivity contribution in [2.45, 2.75) is 17.9 Å². The van der Waals surface area contributed by atoms with E-state index in [0.717, 1.165) is 0 Å². The fourth-order valence-corrected chi connectivity index (χ4v) is 3.52. The second kappa shape index (κ2) is 6.30. The fraction of sp³-hybridized carbons (Fsp3) is 0.250. The number of aromatic hydroxyl groups is 4. The smallest absolute Gasteiger partial charge is 0.200 e. The number of ether oxygens (including phenoxy) is 1. The molecule has 0 spiro atoms. The van der Waals surface area contributed by atoms with Crippen molar-refractivity contribution < 1.29 is 46.7 Å². The molecule has 0 bridgehead atoms. The molecule has 0 fully saturated rings. The summed E-state index contributed by atoms with van der Waals surface area (Å²) < 4.78 is 5.46.